The van der Waals surface area contributed by atoms with Crippen LogP contribution in [0.4, 0.5) is 0 Å². The summed E-state index contributed by atoms with van der Waals surface area (Å²) in [4.78, 5) is 2.60. The molecule has 0 atom stereocenters. The van der Waals surface area contributed by atoms with Crippen molar-refractivity contribution in [3.63, 3.8) is 0 Å². The fourth-order valence-electron chi connectivity index (χ4n) is 2.13. The summed E-state index contributed by atoms with van der Waals surface area (Å²) in [6.07, 6.45) is 2.08. The molecule has 0 aliphatic carbocycles. The van der Waals surface area contributed by atoms with E-state index in [1.54, 1.807) is 37.3 Å². The Morgan fingerprint density at radius 2 is 1.86 bits per heavy atom. The summed E-state index contributed by atoms with van der Waals surface area (Å²) in [6.45, 7) is 3.86. The maximum absolute atomic E-state index is 5.39. The largest absolute Gasteiger partial charge is 0.493 e. The molecule has 0 amide bonds. The van der Waals surface area contributed by atoms with Crippen LogP contribution in [0, 0.1) is 6.92 Å². The van der Waals surface area contributed by atoms with E-state index in [4.69, 9.17) is 9.47 Å². The Morgan fingerprint density at radius 3 is 2.43 bits per heavy atom. The third-order valence-corrected chi connectivity index (χ3v) is 5.20. The highest BCUT2D eigenvalue weighted by atomic mass is 32.2. The van der Waals surface area contributed by atoms with Crippen molar-refractivity contribution in [1.82, 2.24) is 5.32 Å². The summed E-state index contributed by atoms with van der Waals surface area (Å²) in [5.41, 5.74) is 2.58. The number of rotatable bonds is 7. The monoisotopic (exact) mass is 323 g/mol. The zero-order chi connectivity index (χ0) is 15.2. The fourth-order valence-corrected chi connectivity index (χ4v) is 3.62. The molecule has 0 saturated carbocycles. The van der Waals surface area contributed by atoms with Gasteiger partial charge in [-0.25, -0.2) is 0 Å². The molecule has 0 fully saturated rings. The highest BCUT2D eigenvalue weighted by Gasteiger charge is 2.10. The van der Waals surface area contributed by atoms with Gasteiger partial charge in [-0.3, -0.25) is 0 Å². The van der Waals surface area contributed by atoms with Crippen molar-refractivity contribution >= 4 is 23.1 Å². The van der Waals surface area contributed by atoms with Crippen LogP contribution in [-0.4, -0.2) is 20.5 Å². The van der Waals surface area contributed by atoms with E-state index in [9.17, 15) is 0 Å². The average Bonchev–Trinajstić information content (AvgIpc) is 2.92. The van der Waals surface area contributed by atoms with E-state index in [2.05, 4.69) is 36.0 Å². The number of nitrogens with one attached hydrogen (secondary N) is 1. The predicted octanol–water partition coefficient (Wildman–Crippen LogP) is 4.09. The summed E-state index contributed by atoms with van der Waals surface area (Å²) in [7, 11) is 3.34. The molecule has 2 rings (SSSR count). The zero-order valence-corrected chi connectivity index (χ0v) is 14.5. The first-order valence-corrected chi connectivity index (χ1v) is 8.82. The van der Waals surface area contributed by atoms with Crippen molar-refractivity contribution < 1.29 is 9.47 Å². The standard InChI is InChI=1S/C16H21NO2S2/c1-11-5-6-21-16(11)10-17-9-12-7-13(18-2)14(19-3)8-15(12)20-4/h5-8,17H,9-10H2,1-4H3. The number of methoxy groups -OCH3 is 2. The molecule has 2 aromatic rings. The minimum atomic E-state index is 0.777. The van der Waals surface area contributed by atoms with Crippen LogP contribution in [0.1, 0.15) is 16.0 Å². The van der Waals surface area contributed by atoms with E-state index < -0.39 is 0 Å². The van der Waals surface area contributed by atoms with E-state index in [1.165, 1.54) is 20.9 Å². The van der Waals surface area contributed by atoms with Crippen LogP contribution < -0.4 is 14.8 Å². The van der Waals surface area contributed by atoms with Gasteiger partial charge in [0.15, 0.2) is 11.5 Å². The molecule has 0 aliphatic rings. The Kier molecular flexibility index (Phi) is 5.96. The van der Waals surface area contributed by atoms with Gasteiger partial charge < -0.3 is 14.8 Å². The van der Waals surface area contributed by atoms with Crippen molar-refractivity contribution in [2.45, 2.75) is 24.9 Å². The smallest absolute Gasteiger partial charge is 0.161 e. The molecule has 3 nitrogen and oxygen atoms in total. The fraction of sp³-hybridized carbons (Fsp3) is 0.375. The summed E-state index contributed by atoms with van der Waals surface area (Å²) in [5.74, 6) is 1.55. The molecular formula is C16H21NO2S2. The molecule has 0 bridgehead atoms. The second-order valence-electron chi connectivity index (χ2n) is 4.65. The summed E-state index contributed by atoms with van der Waals surface area (Å²) >= 11 is 3.52. The van der Waals surface area contributed by atoms with Gasteiger partial charge in [-0.2, -0.15) is 0 Å². The highest BCUT2D eigenvalue weighted by molar-refractivity contribution is 7.98. The van der Waals surface area contributed by atoms with Gasteiger partial charge in [-0.05, 0) is 47.9 Å². The number of thioether (sulfide) groups is 1. The zero-order valence-electron chi connectivity index (χ0n) is 12.9. The lowest BCUT2D eigenvalue weighted by Crippen LogP contribution is -2.13. The lowest BCUT2D eigenvalue weighted by molar-refractivity contribution is 0.353. The lowest BCUT2D eigenvalue weighted by Gasteiger charge is -2.14. The number of hydrogen-bond acceptors (Lipinski definition) is 5. The SMILES string of the molecule is COc1cc(CNCc2sccc2C)c(SC)cc1OC. The van der Waals surface area contributed by atoms with Gasteiger partial charge in [-0.1, -0.05) is 0 Å². The van der Waals surface area contributed by atoms with E-state index in [1.807, 2.05) is 6.07 Å². The normalized spacial score (nSPS) is 10.7. The Balaban J connectivity index is 2.09. The van der Waals surface area contributed by atoms with E-state index in [-0.39, 0.29) is 0 Å². The lowest BCUT2D eigenvalue weighted by atomic mass is 10.2. The quantitative estimate of drug-likeness (QED) is 0.778. The summed E-state index contributed by atoms with van der Waals surface area (Å²) in [6, 6.07) is 6.25. The number of ether oxygens (including phenoxy) is 2. The molecule has 1 aromatic heterocycles. The first-order valence-electron chi connectivity index (χ1n) is 6.72. The average molecular weight is 323 g/mol. The van der Waals surface area contributed by atoms with Crippen molar-refractivity contribution in [1.29, 1.82) is 0 Å². The van der Waals surface area contributed by atoms with Crippen LogP contribution in [0.15, 0.2) is 28.5 Å². The van der Waals surface area contributed by atoms with Gasteiger partial charge >= 0.3 is 0 Å². The van der Waals surface area contributed by atoms with E-state index in [0.717, 1.165) is 24.6 Å². The molecule has 1 heterocycles. The molecule has 21 heavy (non-hydrogen) atoms. The molecule has 5 heteroatoms. The van der Waals surface area contributed by atoms with Crippen molar-refractivity contribution in [3.05, 3.63) is 39.6 Å². The molecule has 0 aliphatic heterocycles. The number of hydrogen-bond donors (Lipinski definition) is 1. The van der Waals surface area contributed by atoms with Crippen LogP contribution in [0.5, 0.6) is 11.5 Å². The van der Waals surface area contributed by atoms with Gasteiger partial charge in [0.25, 0.3) is 0 Å². The minimum Gasteiger partial charge on any atom is -0.493 e. The van der Waals surface area contributed by atoms with Crippen LogP contribution in [-0.2, 0) is 13.1 Å². The molecular weight excluding hydrogens is 302 g/mol. The van der Waals surface area contributed by atoms with E-state index >= 15 is 0 Å². The third kappa shape index (κ3) is 3.93. The molecule has 0 radical (unpaired) electrons. The topological polar surface area (TPSA) is 30.5 Å². The highest BCUT2D eigenvalue weighted by Crippen LogP contribution is 2.34. The Labute approximate surface area is 134 Å². The van der Waals surface area contributed by atoms with Crippen molar-refractivity contribution in [3.8, 4) is 11.5 Å². The molecule has 1 N–H and O–H groups in total. The molecule has 0 saturated heterocycles. The van der Waals surface area contributed by atoms with Crippen molar-refractivity contribution in [2.24, 2.45) is 0 Å². The maximum Gasteiger partial charge on any atom is 0.161 e. The predicted molar refractivity (Wildman–Crippen MR) is 90.9 cm³/mol. The van der Waals surface area contributed by atoms with Gasteiger partial charge in [-0.15, -0.1) is 23.1 Å². The van der Waals surface area contributed by atoms with Crippen LogP contribution in [0.3, 0.4) is 0 Å². The second kappa shape index (κ2) is 7.73. The number of benzene rings is 1. The first-order chi connectivity index (χ1) is 10.2. The van der Waals surface area contributed by atoms with Crippen LogP contribution >= 0.6 is 23.1 Å². The Hall–Kier alpha value is -1.17. The van der Waals surface area contributed by atoms with Crippen LogP contribution in [0.25, 0.3) is 0 Å². The Bertz CT molecular complexity index is 596. The number of thiophene rings is 1. The maximum atomic E-state index is 5.39. The van der Waals surface area contributed by atoms with Crippen LogP contribution in [0.2, 0.25) is 0 Å². The van der Waals surface area contributed by atoms with Crippen molar-refractivity contribution in [2.75, 3.05) is 20.5 Å². The minimum absolute atomic E-state index is 0.777. The number of aryl methyl sites for hydroxylation is 1. The van der Waals surface area contributed by atoms with Gasteiger partial charge in [0.1, 0.15) is 0 Å². The van der Waals surface area contributed by atoms with Gasteiger partial charge in [0.05, 0.1) is 14.2 Å². The molecule has 0 unspecified atom stereocenters. The van der Waals surface area contributed by atoms with Gasteiger partial charge in [0.2, 0.25) is 0 Å². The van der Waals surface area contributed by atoms with Gasteiger partial charge in [0, 0.05) is 22.9 Å². The second-order valence-corrected chi connectivity index (χ2v) is 6.50. The van der Waals surface area contributed by atoms with E-state index in [0.29, 0.717) is 0 Å². The Morgan fingerprint density at radius 1 is 1.14 bits per heavy atom. The molecule has 1 aromatic carbocycles. The first kappa shape index (κ1) is 16.2. The summed E-state index contributed by atoms with van der Waals surface area (Å²) < 4.78 is 10.7. The molecule has 114 valence electrons. The summed E-state index contributed by atoms with van der Waals surface area (Å²) in [5, 5.41) is 5.64. The molecule has 0 spiro atoms. The third-order valence-electron chi connectivity index (χ3n) is 3.36.